The molecule has 0 unspecified atom stereocenters. The summed E-state index contributed by atoms with van der Waals surface area (Å²) in [5.74, 6) is 0.686. The Labute approximate surface area is 164 Å². The third kappa shape index (κ3) is 5.93. The molecule has 0 spiro atoms. The molecule has 1 fully saturated rings. The van der Waals surface area contributed by atoms with E-state index in [1.54, 1.807) is 0 Å². The van der Waals surface area contributed by atoms with Crippen molar-refractivity contribution in [2.24, 2.45) is 5.92 Å². The zero-order valence-corrected chi connectivity index (χ0v) is 16.0. The molecule has 1 N–H and O–H groups in total. The van der Waals surface area contributed by atoms with E-state index in [0.717, 1.165) is 23.0 Å². The molecule has 0 aliphatic heterocycles. The molecule has 0 radical (unpaired) electrons. The van der Waals surface area contributed by atoms with Gasteiger partial charge < -0.3 is 29.3 Å². The van der Waals surface area contributed by atoms with E-state index in [-0.39, 0.29) is 75.4 Å². The third-order valence-corrected chi connectivity index (χ3v) is 2.87. The first kappa shape index (κ1) is 17.5. The summed E-state index contributed by atoms with van der Waals surface area (Å²) in [5, 5.41) is 3.12. The van der Waals surface area contributed by atoms with Crippen molar-refractivity contribution < 1.29 is 80.2 Å². The van der Waals surface area contributed by atoms with Gasteiger partial charge in [-0.05, 0) is 37.1 Å². The van der Waals surface area contributed by atoms with Crippen LogP contribution in [0.3, 0.4) is 0 Å². The quantitative estimate of drug-likeness (QED) is 0.412. The minimum Gasteiger partial charge on any atom is -1.00 e. The minimum absolute atomic E-state index is 0. The zero-order valence-electron chi connectivity index (χ0n) is 9.17. The number of Topliss-reactive ketones (excluding diaryl/α,β-unsaturated/α-hetero) is 1. The Hall–Kier alpha value is 1.54. The van der Waals surface area contributed by atoms with Gasteiger partial charge in [-0.1, -0.05) is 15.9 Å². The third-order valence-electron chi connectivity index (χ3n) is 2.34. The number of benzene rings is 1. The van der Waals surface area contributed by atoms with E-state index in [9.17, 15) is 4.79 Å². The number of carbonyl (C=O) groups is 1. The molecule has 0 bridgehead atoms. The second-order valence-corrected chi connectivity index (χ2v) is 4.52. The van der Waals surface area contributed by atoms with Gasteiger partial charge in [-0.15, -0.1) is 0 Å². The Morgan fingerprint density at radius 3 is 2.38 bits per heavy atom. The fourth-order valence-corrected chi connectivity index (χ4v) is 1.57. The molecule has 2 rings (SSSR count). The molecule has 0 aromatic heterocycles. The van der Waals surface area contributed by atoms with Gasteiger partial charge in [0.2, 0.25) is 0 Å². The molecular formula is C11H12BrIKNO. The predicted molar refractivity (Wildman–Crippen MR) is 60.4 cm³/mol. The summed E-state index contributed by atoms with van der Waals surface area (Å²) in [7, 11) is 0. The molecule has 16 heavy (non-hydrogen) atoms. The molecule has 0 saturated heterocycles. The van der Waals surface area contributed by atoms with Gasteiger partial charge in [-0.3, -0.25) is 4.79 Å². The summed E-state index contributed by atoms with van der Waals surface area (Å²) in [5.41, 5.74) is 1.00. The van der Waals surface area contributed by atoms with Gasteiger partial charge in [0.25, 0.3) is 0 Å². The van der Waals surface area contributed by atoms with Crippen molar-refractivity contribution >= 4 is 27.4 Å². The largest absolute Gasteiger partial charge is 1.00 e. The summed E-state index contributed by atoms with van der Waals surface area (Å²) in [6, 6.07) is 7.85. The van der Waals surface area contributed by atoms with E-state index in [1.165, 1.54) is 0 Å². The summed E-state index contributed by atoms with van der Waals surface area (Å²) in [4.78, 5) is 11.4. The minimum atomic E-state index is 0. The van der Waals surface area contributed by atoms with Crippen molar-refractivity contribution in [2.45, 2.75) is 12.8 Å². The Morgan fingerprint density at radius 1 is 1.31 bits per heavy atom. The van der Waals surface area contributed by atoms with Crippen molar-refractivity contribution in [1.29, 1.82) is 0 Å². The molecule has 1 aromatic rings. The Balaban J connectivity index is 0.00000112. The normalized spacial score (nSPS) is 13.3. The molecule has 1 aliphatic rings. The molecule has 1 aliphatic carbocycles. The van der Waals surface area contributed by atoms with Gasteiger partial charge in [0.15, 0.2) is 5.78 Å². The number of hydrogen-bond acceptors (Lipinski definition) is 2. The van der Waals surface area contributed by atoms with Crippen LogP contribution in [0.5, 0.6) is 0 Å². The molecule has 0 amide bonds. The number of carbonyl (C=O) groups excluding carboxylic acids is 1. The van der Waals surface area contributed by atoms with Crippen molar-refractivity contribution in [2.75, 3.05) is 11.9 Å². The van der Waals surface area contributed by atoms with E-state index in [0.29, 0.717) is 18.2 Å². The number of halogens is 2. The molecule has 1 saturated carbocycles. The number of rotatable bonds is 4. The topological polar surface area (TPSA) is 29.1 Å². The first-order chi connectivity index (χ1) is 6.75. The number of anilines is 1. The first-order valence-electron chi connectivity index (χ1n) is 4.78. The van der Waals surface area contributed by atoms with Crippen LogP contribution >= 0.6 is 15.9 Å². The monoisotopic (exact) mass is 419 g/mol. The smallest absolute Gasteiger partial charge is 1.00 e. The average molecular weight is 420 g/mol. The Bertz CT molecular complexity index is 340. The SMILES string of the molecule is O=C(CNc1ccc(Br)cc1)C1CC1.[I-].[K+]. The maximum Gasteiger partial charge on any atom is 1.00 e. The summed E-state index contributed by atoms with van der Waals surface area (Å²) in [6.45, 7) is 0.465. The number of ketones is 1. The summed E-state index contributed by atoms with van der Waals surface area (Å²) < 4.78 is 1.05. The van der Waals surface area contributed by atoms with Gasteiger partial charge in [0, 0.05) is 16.1 Å². The van der Waals surface area contributed by atoms with E-state index < -0.39 is 0 Å². The Morgan fingerprint density at radius 2 is 1.88 bits per heavy atom. The summed E-state index contributed by atoms with van der Waals surface area (Å²) >= 11 is 3.36. The fourth-order valence-electron chi connectivity index (χ4n) is 1.31. The van der Waals surface area contributed by atoms with Crippen LogP contribution in [-0.4, -0.2) is 12.3 Å². The van der Waals surface area contributed by atoms with Gasteiger partial charge in [-0.2, -0.15) is 0 Å². The molecule has 0 atom stereocenters. The van der Waals surface area contributed by atoms with Gasteiger partial charge in [-0.25, -0.2) is 0 Å². The van der Waals surface area contributed by atoms with Gasteiger partial charge in [0.05, 0.1) is 6.54 Å². The fraction of sp³-hybridized carbons (Fsp3) is 0.364. The predicted octanol–water partition coefficient (Wildman–Crippen LogP) is -3.15. The molecule has 82 valence electrons. The van der Waals surface area contributed by atoms with Crippen LogP contribution in [0.25, 0.3) is 0 Å². The van der Waals surface area contributed by atoms with E-state index in [4.69, 9.17) is 0 Å². The standard InChI is InChI=1S/C11H12BrNO.HI.K/c12-9-3-5-10(6-4-9)13-7-11(14)8-1-2-8;;/h3-6,8,13H,1-2,7H2;1H;/q;;+1/p-1. The second kappa shape index (κ2) is 8.61. The molecule has 0 heterocycles. The van der Waals surface area contributed by atoms with Crippen LogP contribution < -0.4 is 80.7 Å². The van der Waals surface area contributed by atoms with E-state index in [2.05, 4.69) is 21.2 Å². The van der Waals surface area contributed by atoms with Crippen molar-refractivity contribution in [1.82, 2.24) is 0 Å². The maximum absolute atomic E-state index is 11.4. The van der Waals surface area contributed by atoms with Gasteiger partial charge in [0.1, 0.15) is 0 Å². The second-order valence-electron chi connectivity index (χ2n) is 3.60. The molecule has 5 heteroatoms. The average Bonchev–Trinajstić information content (AvgIpc) is 3.00. The van der Waals surface area contributed by atoms with Crippen molar-refractivity contribution in [3.8, 4) is 0 Å². The molecule has 2 nitrogen and oxygen atoms in total. The van der Waals surface area contributed by atoms with E-state index >= 15 is 0 Å². The number of hydrogen-bond donors (Lipinski definition) is 1. The summed E-state index contributed by atoms with van der Waals surface area (Å²) in [6.07, 6.45) is 2.17. The molecular weight excluding hydrogens is 408 g/mol. The van der Waals surface area contributed by atoms with Crippen molar-refractivity contribution in [3.05, 3.63) is 28.7 Å². The van der Waals surface area contributed by atoms with Crippen LogP contribution in [0, 0.1) is 5.92 Å². The molecule has 1 aromatic carbocycles. The van der Waals surface area contributed by atoms with Crippen LogP contribution in [0.4, 0.5) is 5.69 Å². The Kier molecular flexibility index (Phi) is 9.43. The van der Waals surface area contributed by atoms with Gasteiger partial charge >= 0.3 is 51.4 Å². The first-order valence-corrected chi connectivity index (χ1v) is 5.57. The van der Waals surface area contributed by atoms with Crippen LogP contribution in [0.1, 0.15) is 12.8 Å². The number of nitrogens with one attached hydrogen (secondary N) is 1. The zero-order chi connectivity index (χ0) is 9.97. The van der Waals surface area contributed by atoms with Crippen LogP contribution in [-0.2, 0) is 4.79 Å². The van der Waals surface area contributed by atoms with E-state index in [1.807, 2.05) is 24.3 Å². The maximum atomic E-state index is 11.4. The van der Waals surface area contributed by atoms with Crippen molar-refractivity contribution in [3.63, 3.8) is 0 Å². The van der Waals surface area contributed by atoms with Crippen LogP contribution in [0.15, 0.2) is 28.7 Å². The van der Waals surface area contributed by atoms with Crippen LogP contribution in [0.2, 0.25) is 0 Å².